The van der Waals surface area contributed by atoms with Crippen LogP contribution < -0.4 is 0 Å². The summed E-state index contributed by atoms with van der Waals surface area (Å²) in [7, 11) is 0. The van der Waals surface area contributed by atoms with E-state index in [1.165, 1.54) is 0 Å². The van der Waals surface area contributed by atoms with Gasteiger partial charge in [0.15, 0.2) is 0 Å². The van der Waals surface area contributed by atoms with Gasteiger partial charge in [-0.25, -0.2) is 4.68 Å². The summed E-state index contributed by atoms with van der Waals surface area (Å²) < 4.78 is 1.82. The summed E-state index contributed by atoms with van der Waals surface area (Å²) in [5.41, 5.74) is 3.37. The van der Waals surface area contributed by atoms with E-state index >= 15 is 0 Å². The zero-order chi connectivity index (χ0) is 19.7. The van der Waals surface area contributed by atoms with E-state index in [4.69, 9.17) is 23.2 Å². The summed E-state index contributed by atoms with van der Waals surface area (Å²) in [6, 6.07) is 11.3. The zero-order valence-corrected chi connectivity index (χ0v) is 17.1. The van der Waals surface area contributed by atoms with Crippen molar-refractivity contribution in [1.82, 2.24) is 24.8 Å². The van der Waals surface area contributed by atoms with Crippen molar-refractivity contribution >= 4 is 40.1 Å². The maximum absolute atomic E-state index is 12.9. The Labute approximate surface area is 173 Å². The summed E-state index contributed by atoms with van der Waals surface area (Å²) in [4.78, 5) is 17.1. The Morgan fingerprint density at radius 3 is 2.64 bits per heavy atom. The van der Waals surface area contributed by atoms with Gasteiger partial charge >= 0.3 is 0 Å². The zero-order valence-electron chi connectivity index (χ0n) is 15.6. The minimum absolute atomic E-state index is 0.0355. The van der Waals surface area contributed by atoms with Crippen LogP contribution in [0.25, 0.3) is 11.0 Å². The second-order valence-electron chi connectivity index (χ2n) is 6.89. The van der Waals surface area contributed by atoms with Crippen LogP contribution in [0.5, 0.6) is 0 Å². The molecule has 4 rings (SSSR count). The van der Waals surface area contributed by atoms with Gasteiger partial charge in [-0.2, -0.15) is 0 Å². The van der Waals surface area contributed by atoms with Crippen LogP contribution in [0.3, 0.4) is 0 Å². The number of carbonyl (C=O) groups is 1. The molecule has 0 aliphatic carbocycles. The first-order valence-electron chi connectivity index (χ1n) is 9.34. The first-order chi connectivity index (χ1) is 13.6. The van der Waals surface area contributed by atoms with Crippen molar-refractivity contribution in [1.29, 1.82) is 0 Å². The van der Waals surface area contributed by atoms with Crippen molar-refractivity contribution in [3.05, 3.63) is 57.6 Å². The van der Waals surface area contributed by atoms with E-state index in [1.807, 2.05) is 46.8 Å². The van der Waals surface area contributed by atoms with Gasteiger partial charge in [0.1, 0.15) is 5.52 Å². The number of benzene rings is 2. The van der Waals surface area contributed by atoms with E-state index in [2.05, 4.69) is 15.2 Å². The number of amides is 1. The molecular formula is C20H21Cl2N5O. The molecule has 0 bridgehead atoms. The molecule has 0 atom stereocenters. The molecule has 1 aliphatic heterocycles. The molecule has 0 unspecified atom stereocenters. The largest absolute Gasteiger partial charge is 0.336 e. The molecule has 2 aromatic carbocycles. The van der Waals surface area contributed by atoms with Crippen molar-refractivity contribution in [2.24, 2.45) is 0 Å². The summed E-state index contributed by atoms with van der Waals surface area (Å²) in [5.74, 6) is 0.0355. The number of carbonyl (C=O) groups excluding carboxylic acids is 1. The Morgan fingerprint density at radius 2 is 1.89 bits per heavy atom. The molecule has 1 aliphatic rings. The van der Waals surface area contributed by atoms with Crippen LogP contribution in [0.2, 0.25) is 10.0 Å². The van der Waals surface area contributed by atoms with Gasteiger partial charge in [0.05, 0.1) is 15.6 Å². The Bertz CT molecular complexity index is 1010. The van der Waals surface area contributed by atoms with Crippen LogP contribution in [0, 0.1) is 0 Å². The average molecular weight is 418 g/mol. The highest BCUT2D eigenvalue weighted by Gasteiger charge is 2.23. The molecule has 1 aromatic heterocycles. The van der Waals surface area contributed by atoms with Crippen LogP contribution in [-0.2, 0) is 13.1 Å². The van der Waals surface area contributed by atoms with E-state index in [9.17, 15) is 4.79 Å². The second kappa shape index (κ2) is 8.07. The molecule has 2 heterocycles. The van der Waals surface area contributed by atoms with E-state index in [1.54, 1.807) is 6.07 Å². The predicted octanol–water partition coefficient (Wildman–Crippen LogP) is 3.72. The van der Waals surface area contributed by atoms with E-state index in [0.29, 0.717) is 28.7 Å². The van der Waals surface area contributed by atoms with Crippen LogP contribution in [0.1, 0.15) is 22.8 Å². The molecule has 1 saturated heterocycles. The highest BCUT2D eigenvalue weighted by molar-refractivity contribution is 6.42. The number of hydrogen-bond acceptors (Lipinski definition) is 4. The van der Waals surface area contributed by atoms with Gasteiger partial charge in [0.25, 0.3) is 5.91 Å². The second-order valence-corrected chi connectivity index (χ2v) is 7.68. The predicted molar refractivity (Wildman–Crippen MR) is 111 cm³/mol. The van der Waals surface area contributed by atoms with Crippen molar-refractivity contribution in [3.8, 4) is 0 Å². The topological polar surface area (TPSA) is 54.3 Å². The van der Waals surface area contributed by atoms with E-state index in [0.717, 1.165) is 42.8 Å². The highest BCUT2D eigenvalue weighted by Crippen LogP contribution is 2.27. The molecule has 1 fully saturated rings. The highest BCUT2D eigenvalue weighted by atomic mass is 35.5. The van der Waals surface area contributed by atoms with E-state index in [-0.39, 0.29) is 5.91 Å². The summed E-state index contributed by atoms with van der Waals surface area (Å²) in [6.07, 6.45) is 0. The number of piperazine rings is 1. The van der Waals surface area contributed by atoms with Crippen LogP contribution in [-0.4, -0.2) is 56.9 Å². The van der Waals surface area contributed by atoms with Gasteiger partial charge in [-0.1, -0.05) is 40.5 Å². The van der Waals surface area contributed by atoms with Gasteiger partial charge in [-0.05, 0) is 36.8 Å². The van der Waals surface area contributed by atoms with Crippen LogP contribution in [0.15, 0.2) is 36.4 Å². The number of halogens is 2. The number of hydrogen-bond donors (Lipinski definition) is 0. The average Bonchev–Trinajstić information content (AvgIpc) is 3.14. The maximum Gasteiger partial charge on any atom is 0.254 e. The van der Waals surface area contributed by atoms with E-state index < -0.39 is 0 Å². The number of fused-ring (bicyclic) bond motifs is 1. The molecule has 0 N–H and O–H groups in total. The molecule has 0 spiro atoms. The van der Waals surface area contributed by atoms with Gasteiger partial charge in [0.2, 0.25) is 0 Å². The van der Waals surface area contributed by atoms with Crippen molar-refractivity contribution in [2.45, 2.75) is 20.0 Å². The Morgan fingerprint density at radius 1 is 1.11 bits per heavy atom. The minimum atomic E-state index is 0.0355. The summed E-state index contributed by atoms with van der Waals surface area (Å²) in [5, 5.41) is 9.45. The smallest absolute Gasteiger partial charge is 0.254 e. The molecule has 3 aromatic rings. The lowest BCUT2D eigenvalue weighted by Gasteiger charge is -2.35. The normalized spacial score (nSPS) is 15.3. The Kier molecular flexibility index (Phi) is 5.53. The quantitative estimate of drug-likeness (QED) is 0.648. The summed E-state index contributed by atoms with van der Waals surface area (Å²) in [6.45, 7) is 6.44. The standard InChI is InChI=1S/C20H21Cl2N5O/c1-2-27-18-7-6-14(12-17(18)23-24-27)20(28)26-10-8-25(9-11-26)13-15-4-3-5-16(21)19(15)22/h3-7,12H,2,8-11,13H2,1H3. The molecule has 0 saturated carbocycles. The molecule has 1 amide bonds. The molecular weight excluding hydrogens is 397 g/mol. The fourth-order valence-electron chi connectivity index (χ4n) is 3.54. The minimum Gasteiger partial charge on any atom is -0.336 e. The third-order valence-corrected chi connectivity index (χ3v) is 6.00. The van der Waals surface area contributed by atoms with Crippen molar-refractivity contribution in [3.63, 3.8) is 0 Å². The van der Waals surface area contributed by atoms with Gasteiger partial charge in [-0.3, -0.25) is 9.69 Å². The number of aryl methyl sites for hydroxylation is 1. The first kappa shape index (κ1) is 19.2. The SMILES string of the molecule is CCn1nnc2cc(C(=O)N3CCN(Cc4cccc(Cl)c4Cl)CC3)ccc21. The fourth-order valence-corrected chi connectivity index (χ4v) is 3.92. The third-order valence-electron chi connectivity index (χ3n) is 5.15. The third kappa shape index (κ3) is 3.72. The van der Waals surface area contributed by atoms with Gasteiger partial charge < -0.3 is 4.90 Å². The Balaban J connectivity index is 1.40. The molecule has 146 valence electrons. The maximum atomic E-state index is 12.9. The van der Waals surface area contributed by atoms with Gasteiger partial charge in [0, 0.05) is 44.8 Å². The van der Waals surface area contributed by atoms with Crippen molar-refractivity contribution < 1.29 is 4.79 Å². The monoisotopic (exact) mass is 417 g/mol. The van der Waals surface area contributed by atoms with Crippen LogP contribution >= 0.6 is 23.2 Å². The number of rotatable bonds is 4. The molecule has 8 heteroatoms. The molecule has 6 nitrogen and oxygen atoms in total. The number of nitrogens with zero attached hydrogens (tertiary/aromatic N) is 5. The lowest BCUT2D eigenvalue weighted by atomic mass is 10.1. The molecule has 0 radical (unpaired) electrons. The number of aromatic nitrogens is 3. The van der Waals surface area contributed by atoms with Crippen LogP contribution in [0.4, 0.5) is 0 Å². The van der Waals surface area contributed by atoms with Crippen molar-refractivity contribution in [2.75, 3.05) is 26.2 Å². The summed E-state index contributed by atoms with van der Waals surface area (Å²) >= 11 is 12.4. The Hall–Kier alpha value is -2.15. The molecule has 28 heavy (non-hydrogen) atoms. The fraction of sp³-hybridized carbons (Fsp3) is 0.350. The lowest BCUT2D eigenvalue weighted by Crippen LogP contribution is -2.48. The van der Waals surface area contributed by atoms with Gasteiger partial charge in [-0.15, -0.1) is 5.10 Å². The first-order valence-corrected chi connectivity index (χ1v) is 10.1. The lowest BCUT2D eigenvalue weighted by molar-refractivity contribution is 0.0628.